The Morgan fingerprint density at radius 2 is 2.21 bits per heavy atom. The van der Waals surface area contributed by atoms with Gasteiger partial charge >= 0.3 is 6.03 Å². The molecule has 1 saturated heterocycles. The normalized spacial score (nSPS) is 30.6. The first kappa shape index (κ1) is 13.8. The van der Waals surface area contributed by atoms with Gasteiger partial charge in [0.25, 0.3) is 5.91 Å². The topological polar surface area (TPSA) is 78.5 Å². The number of amides is 4. The van der Waals surface area contributed by atoms with E-state index in [4.69, 9.17) is 0 Å². The number of hydrogen-bond acceptors (Lipinski definition) is 3. The average molecular weight is 267 g/mol. The lowest BCUT2D eigenvalue weighted by molar-refractivity contribution is -0.137. The molecule has 1 aliphatic carbocycles. The molecule has 2 aliphatic rings. The highest BCUT2D eigenvalue weighted by atomic mass is 16.2. The number of hydrogen-bond donors (Lipinski definition) is 2. The van der Waals surface area contributed by atoms with Gasteiger partial charge in [0.2, 0.25) is 5.91 Å². The van der Waals surface area contributed by atoms with Crippen molar-refractivity contribution in [3.05, 3.63) is 0 Å². The van der Waals surface area contributed by atoms with E-state index in [-0.39, 0.29) is 24.3 Å². The van der Waals surface area contributed by atoms with Gasteiger partial charge in [0, 0.05) is 6.54 Å². The van der Waals surface area contributed by atoms with E-state index in [1.165, 1.54) is 0 Å². The number of carbonyl (C=O) groups excluding carboxylic acids is 3. The van der Waals surface area contributed by atoms with Crippen LogP contribution in [0.2, 0.25) is 0 Å². The molecular formula is C13H21N3O3. The third kappa shape index (κ3) is 2.31. The molecule has 1 heterocycles. The Morgan fingerprint density at radius 1 is 1.47 bits per heavy atom. The van der Waals surface area contributed by atoms with Gasteiger partial charge in [-0.1, -0.05) is 19.8 Å². The van der Waals surface area contributed by atoms with Crippen LogP contribution in [0, 0.1) is 5.92 Å². The first-order valence-electron chi connectivity index (χ1n) is 6.92. The Balaban J connectivity index is 2.13. The number of nitrogens with zero attached hydrogens (tertiary/aromatic N) is 1. The maximum absolute atomic E-state index is 12.5. The molecule has 4 amide bonds. The van der Waals surface area contributed by atoms with Gasteiger partial charge < -0.3 is 10.6 Å². The molecule has 0 bridgehead atoms. The van der Waals surface area contributed by atoms with Crippen LogP contribution >= 0.6 is 0 Å². The van der Waals surface area contributed by atoms with Gasteiger partial charge in [-0.25, -0.2) is 4.79 Å². The van der Waals surface area contributed by atoms with Crippen LogP contribution in [0.4, 0.5) is 4.79 Å². The van der Waals surface area contributed by atoms with E-state index >= 15 is 0 Å². The Labute approximate surface area is 112 Å². The highest BCUT2D eigenvalue weighted by molar-refractivity contribution is 6.09. The van der Waals surface area contributed by atoms with Crippen LogP contribution in [0.3, 0.4) is 0 Å². The van der Waals surface area contributed by atoms with Crippen LogP contribution in [-0.2, 0) is 9.59 Å². The maximum Gasteiger partial charge on any atom is 0.325 e. The quantitative estimate of drug-likeness (QED) is 0.736. The summed E-state index contributed by atoms with van der Waals surface area (Å²) in [4.78, 5) is 37.1. The summed E-state index contributed by atoms with van der Waals surface area (Å²) in [5.41, 5.74) is -0.776. The monoisotopic (exact) mass is 267 g/mol. The molecule has 106 valence electrons. The second kappa shape index (κ2) is 5.19. The van der Waals surface area contributed by atoms with Gasteiger partial charge in [0.1, 0.15) is 12.1 Å². The van der Waals surface area contributed by atoms with Crippen molar-refractivity contribution >= 4 is 17.8 Å². The molecule has 1 spiro atoms. The third-order valence-electron chi connectivity index (χ3n) is 4.18. The minimum absolute atomic E-state index is 0.122. The predicted molar refractivity (Wildman–Crippen MR) is 69.3 cm³/mol. The molecule has 0 aromatic rings. The van der Waals surface area contributed by atoms with Crippen molar-refractivity contribution in [3.8, 4) is 0 Å². The molecule has 0 radical (unpaired) electrons. The zero-order valence-corrected chi connectivity index (χ0v) is 11.5. The number of rotatable bonds is 3. The zero-order chi connectivity index (χ0) is 14.0. The number of likely N-dealkylation sites (N-methyl/N-ethyl adjacent to an activating group) is 1. The van der Waals surface area contributed by atoms with Gasteiger partial charge in [-0.2, -0.15) is 0 Å². The van der Waals surface area contributed by atoms with Crippen molar-refractivity contribution in [2.45, 2.75) is 45.1 Å². The van der Waals surface area contributed by atoms with E-state index in [0.717, 1.165) is 24.2 Å². The summed E-state index contributed by atoms with van der Waals surface area (Å²) in [6.45, 7) is 4.10. The molecule has 2 unspecified atom stereocenters. The summed E-state index contributed by atoms with van der Waals surface area (Å²) in [6.07, 6.45) is 3.62. The summed E-state index contributed by atoms with van der Waals surface area (Å²) in [7, 11) is 0. The summed E-state index contributed by atoms with van der Waals surface area (Å²) in [5, 5.41) is 5.43. The summed E-state index contributed by atoms with van der Waals surface area (Å²) < 4.78 is 0. The smallest absolute Gasteiger partial charge is 0.325 e. The van der Waals surface area contributed by atoms with E-state index in [9.17, 15) is 14.4 Å². The van der Waals surface area contributed by atoms with Crippen molar-refractivity contribution < 1.29 is 14.4 Å². The zero-order valence-electron chi connectivity index (χ0n) is 11.5. The van der Waals surface area contributed by atoms with Crippen LogP contribution in [-0.4, -0.2) is 41.4 Å². The maximum atomic E-state index is 12.5. The molecule has 19 heavy (non-hydrogen) atoms. The molecule has 0 aromatic heterocycles. The molecule has 2 N–H and O–H groups in total. The minimum atomic E-state index is -0.776. The Bertz CT molecular complexity index is 410. The van der Waals surface area contributed by atoms with E-state index in [2.05, 4.69) is 10.6 Å². The van der Waals surface area contributed by atoms with Crippen molar-refractivity contribution in [1.82, 2.24) is 15.5 Å². The first-order chi connectivity index (χ1) is 9.01. The van der Waals surface area contributed by atoms with Gasteiger partial charge in [0.15, 0.2) is 0 Å². The highest BCUT2D eigenvalue weighted by Gasteiger charge is 2.55. The summed E-state index contributed by atoms with van der Waals surface area (Å²) in [5.74, 6) is -0.417. The molecule has 1 saturated carbocycles. The minimum Gasteiger partial charge on any atom is -0.355 e. The lowest BCUT2D eigenvalue weighted by Gasteiger charge is -2.36. The summed E-state index contributed by atoms with van der Waals surface area (Å²) >= 11 is 0. The average Bonchev–Trinajstić information content (AvgIpc) is 2.59. The van der Waals surface area contributed by atoms with Gasteiger partial charge in [-0.3, -0.25) is 14.5 Å². The van der Waals surface area contributed by atoms with Crippen molar-refractivity contribution in [3.63, 3.8) is 0 Å². The lowest BCUT2D eigenvalue weighted by atomic mass is 9.73. The van der Waals surface area contributed by atoms with E-state index in [1.54, 1.807) is 6.92 Å². The predicted octanol–water partition coefficient (Wildman–Crippen LogP) is 0.623. The van der Waals surface area contributed by atoms with Crippen LogP contribution < -0.4 is 10.6 Å². The van der Waals surface area contributed by atoms with E-state index < -0.39 is 11.6 Å². The van der Waals surface area contributed by atoms with Gasteiger partial charge in [-0.15, -0.1) is 0 Å². The fraction of sp³-hybridized carbons (Fsp3) is 0.769. The van der Waals surface area contributed by atoms with Gasteiger partial charge in [0.05, 0.1) is 0 Å². The first-order valence-corrected chi connectivity index (χ1v) is 6.92. The standard InChI is InChI=1S/C13H21N3O3/c1-3-14-10(17)8-16-11(18)13(15-12(16)19)7-5-4-6-9(13)2/h9H,3-8H2,1-2H3,(H,14,17)(H,15,19). The number of urea groups is 1. The third-order valence-corrected chi connectivity index (χ3v) is 4.18. The van der Waals surface area contributed by atoms with E-state index in [1.807, 2.05) is 6.92 Å². The number of carbonyl (C=O) groups is 3. The number of nitrogens with one attached hydrogen (secondary N) is 2. The van der Waals surface area contributed by atoms with Gasteiger partial charge in [-0.05, 0) is 25.7 Å². The van der Waals surface area contributed by atoms with Crippen molar-refractivity contribution in [1.29, 1.82) is 0 Å². The van der Waals surface area contributed by atoms with Crippen LogP contribution in [0.5, 0.6) is 0 Å². The second-order valence-electron chi connectivity index (χ2n) is 5.39. The molecule has 6 nitrogen and oxygen atoms in total. The highest BCUT2D eigenvalue weighted by Crippen LogP contribution is 2.37. The molecule has 2 rings (SSSR count). The van der Waals surface area contributed by atoms with Crippen molar-refractivity contribution in [2.75, 3.05) is 13.1 Å². The van der Waals surface area contributed by atoms with E-state index in [0.29, 0.717) is 13.0 Å². The fourth-order valence-electron chi connectivity index (χ4n) is 3.04. The number of imide groups is 1. The van der Waals surface area contributed by atoms with Crippen molar-refractivity contribution in [2.24, 2.45) is 5.92 Å². The molecule has 2 fully saturated rings. The van der Waals surface area contributed by atoms with Crippen LogP contribution in [0.15, 0.2) is 0 Å². The Kier molecular flexibility index (Phi) is 3.78. The Morgan fingerprint density at radius 3 is 2.84 bits per heavy atom. The molecule has 2 atom stereocenters. The lowest BCUT2D eigenvalue weighted by Crippen LogP contribution is -2.54. The SMILES string of the molecule is CCNC(=O)CN1C(=O)NC2(CCCCC2C)C1=O. The molecule has 1 aliphatic heterocycles. The summed E-state index contributed by atoms with van der Waals surface area (Å²) in [6, 6.07) is -0.440. The van der Waals surface area contributed by atoms with Crippen LogP contribution in [0.25, 0.3) is 0 Å². The Hall–Kier alpha value is -1.59. The molecule has 6 heteroatoms. The molecular weight excluding hydrogens is 246 g/mol. The largest absolute Gasteiger partial charge is 0.355 e. The second-order valence-corrected chi connectivity index (χ2v) is 5.39. The van der Waals surface area contributed by atoms with Crippen LogP contribution in [0.1, 0.15) is 39.5 Å². The molecule has 0 aromatic carbocycles. The fourth-order valence-corrected chi connectivity index (χ4v) is 3.04.